The molecule has 0 radical (unpaired) electrons. The van der Waals surface area contributed by atoms with Crippen LogP contribution in [0, 0.1) is 13.8 Å². The molecule has 3 heterocycles. The molecule has 2 aromatic carbocycles. The standard InChI is InChI=1S/C24H20N4O2S2/c1-13-9-10-17(11-14(13)2)22-27-28-24(30-22)32-15(3)20-25-21(29)19-18(12-31-23(19)26-20)16-7-5-4-6-8-16/h4-12,15H,1-3H3,(H,25,26,29). The van der Waals surface area contributed by atoms with Gasteiger partial charge in [-0.2, -0.15) is 0 Å². The topological polar surface area (TPSA) is 84.7 Å². The smallest absolute Gasteiger partial charge is 0.277 e. The van der Waals surface area contributed by atoms with Crippen molar-refractivity contribution < 1.29 is 4.42 Å². The molecule has 0 amide bonds. The fourth-order valence-electron chi connectivity index (χ4n) is 3.44. The lowest BCUT2D eigenvalue weighted by molar-refractivity contribution is 0.465. The number of hydrogen-bond donors (Lipinski definition) is 1. The largest absolute Gasteiger partial charge is 0.411 e. The van der Waals surface area contributed by atoms with E-state index in [2.05, 4.69) is 29.0 Å². The van der Waals surface area contributed by atoms with Crippen LogP contribution in [0.25, 0.3) is 32.8 Å². The zero-order valence-electron chi connectivity index (χ0n) is 17.7. The van der Waals surface area contributed by atoms with Crippen molar-refractivity contribution in [2.24, 2.45) is 0 Å². The zero-order chi connectivity index (χ0) is 22.2. The Bertz CT molecular complexity index is 1470. The lowest BCUT2D eigenvalue weighted by atomic mass is 10.1. The Hall–Kier alpha value is -3.23. The predicted octanol–water partition coefficient (Wildman–Crippen LogP) is 6.17. The molecule has 0 saturated carbocycles. The number of nitrogens with zero attached hydrogens (tertiary/aromatic N) is 3. The lowest BCUT2D eigenvalue weighted by Gasteiger charge is -2.08. The summed E-state index contributed by atoms with van der Waals surface area (Å²) in [6.45, 7) is 6.08. The first-order valence-electron chi connectivity index (χ1n) is 10.1. The molecule has 1 atom stereocenters. The maximum Gasteiger partial charge on any atom is 0.277 e. The molecule has 6 nitrogen and oxygen atoms in total. The van der Waals surface area contributed by atoms with E-state index in [-0.39, 0.29) is 10.8 Å². The first-order chi connectivity index (χ1) is 15.5. The Balaban J connectivity index is 1.41. The number of thiophene rings is 1. The third kappa shape index (κ3) is 3.87. The molecule has 0 fully saturated rings. The summed E-state index contributed by atoms with van der Waals surface area (Å²) in [6.07, 6.45) is 0. The molecule has 0 aliphatic heterocycles. The second-order valence-corrected chi connectivity index (χ2v) is 9.73. The quantitative estimate of drug-likeness (QED) is 0.316. The minimum absolute atomic E-state index is 0.140. The molecule has 0 saturated heterocycles. The van der Waals surface area contributed by atoms with Crippen LogP contribution in [-0.4, -0.2) is 20.2 Å². The van der Waals surface area contributed by atoms with Gasteiger partial charge in [0.05, 0.1) is 10.6 Å². The van der Waals surface area contributed by atoms with E-state index in [9.17, 15) is 4.79 Å². The highest BCUT2D eigenvalue weighted by Crippen LogP contribution is 2.36. The van der Waals surface area contributed by atoms with Gasteiger partial charge in [0.25, 0.3) is 10.8 Å². The second-order valence-electron chi connectivity index (χ2n) is 7.58. The molecule has 1 unspecified atom stereocenters. The summed E-state index contributed by atoms with van der Waals surface area (Å²) < 4.78 is 5.86. The van der Waals surface area contributed by atoms with E-state index in [0.717, 1.165) is 21.5 Å². The summed E-state index contributed by atoms with van der Waals surface area (Å²) in [5.41, 5.74) is 5.04. The summed E-state index contributed by atoms with van der Waals surface area (Å²) in [6, 6.07) is 15.9. The van der Waals surface area contributed by atoms with E-state index < -0.39 is 0 Å². The number of fused-ring (bicyclic) bond motifs is 1. The van der Waals surface area contributed by atoms with Crippen LogP contribution in [-0.2, 0) is 0 Å². The molecule has 0 spiro atoms. The minimum Gasteiger partial charge on any atom is -0.411 e. The van der Waals surface area contributed by atoms with Gasteiger partial charge in [-0.3, -0.25) is 4.79 Å². The van der Waals surface area contributed by atoms with E-state index >= 15 is 0 Å². The number of H-pyrrole nitrogens is 1. The zero-order valence-corrected chi connectivity index (χ0v) is 19.4. The SMILES string of the molecule is Cc1ccc(-c2nnc(SC(C)c3nc4scc(-c5ccccc5)c4c(=O)[nH]3)o2)cc1C. The van der Waals surface area contributed by atoms with Gasteiger partial charge >= 0.3 is 0 Å². The summed E-state index contributed by atoms with van der Waals surface area (Å²) in [5, 5.41) is 11.2. The predicted molar refractivity (Wildman–Crippen MR) is 129 cm³/mol. The summed E-state index contributed by atoms with van der Waals surface area (Å²) >= 11 is 2.84. The van der Waals surface area contributed by atoms with Crippen LogP contribution < -0.4 is 5.56 Å². The van der Waals surface area contributed by atoms with Crippen LogP contribution in [0.15, 0.2) is 68.3 Å². The first kappa shape index (κ1) is 20.7. The van der Waals surface area contributed by atoms with Crippen molar-refractivity contribution in [3.8, 4) is 22.6 Å². The highest BCUT2D eigenvalue weighted by molar-refractivity contribution is 7.99. The summed E-state index contributed by atoms with van der Waals surface area (Å²) in [5.74, 6) is 1.06. The minimum atomic E-state index is -0.164. The molecule has 3 aromatic heterocycles. The number of thioether (sulfide) groups is 1. The molecule has 160 valence electrons. The third-order valence-corrected chi connectivity index (χ3v) is 7.19. The van der Waals surface area contributed by atoms with Gasteiger partial charge in [-0.1, -0.05) is 48.2 Å². The van der Waals surface area contributed by atoms with Gasteiger partial charge in [-0.25, -0.2) is 4.98 Å². The molecule has 0 aliphatic rings. The lowest BCUT2D eigenvalue weighted by Crippen LogP contribution is -2.12. The van der Waals surface area contributed by atoms with Crippen LogP contribution in [0.4, 0.5) is 0 Å². The number of aromatic nitrogens is 4. The fourth-order valence-corrected chi connectivity index (χ4v) is 5.14. The van der Waals surface area contributed by atoms with Gasteiger partial charge in [0.1, 0.15) is 10.7 Å². The van der Waals surface area contributed by atoms with Crippen LogP contribution in [0.2, 0.25) is 0 Å². The van der Waals surface area contributed by atoms with Gasteiger partial charge in [0.2, 0.25) is 5.89 Å². The maximum absolute atomic E-state index is 12.9. The number of nitrogens with one attached hydrogen (secondary N) is 1. The molecule has 0 bridgehead atoms. The van der Waals surface area contributed by atoms with Crippen molar-refractivity contribution in [1.82, 2.24) is 20.2 Å². The van der Waals surface area contributed by atoms with Crippen LogP contribution in [0.1, 0.15) is 29.1 Å². The molecule has 1 N–H and O–H groups in total. The Morgan fingerprint density at radius 3 is 2.62 bits per heavy atom. The van der Waals surface area contributed by atoms with Crippen molar-refractivity contribution in [1.29, 1.82) is 0 Å². The molecule has 32 heavy (non-hydrogen) atoms. The van der Waals surface area contributed by atoms with Gasteiger partial charge < -0.3 is 9.40 Å². The molecular weight excluding hydrogens is 440 g/mol. The number of rotatable bonds is 5. The van der Waals surface area contributed by atoms with Crippen LogP contribution in [0.5, 0.6) is 0 Å². The number of benzene rings is 2. The van der Waals surface area contributed by atoms with Gasteiger partial charge in [-0.15, -0.1) is 21.5 Å². The van der Waals surface area contributed by atoms with Crippen LogP contribution >= 0.6 is 23.1 Å². The van der Waals surface area contributed by atoms with E-state index in [1.807, 2.05) is 60.8 Å². The van der Waals surface area contributed by atoms with Gasteiger partial charge in [-0.05, 0) is 49.6 Å². The Labute approximate surface area is 192 Å². The molecule has 0 aliphatic carbocycles. The summed E-state index contributed by atoms with van der Waals surface area (Å²) in [4.78, 5) is 21.3. The highest BCUT2D eigenvalue weighted by atomic mass is 32.2. The van der Waals surface area contributed by atoms with E-state index in [4.69, 9.17) is 9.40 Å². The molecular formula is C24H20N4O2S2. The van der Waals surface area contributed by atoms with E-state index in [0.29, 0.717) is 22.3 Å². The van der Waals surface area contributed by atoms with E-state index in [1.54, 1.807) is 0 Å². The highest BCUT2D eigenvalue weighted by Gasteiger charge is 2.19. The van der Waals surface area contributed by atoms with Crippen molar-refractivity contribution in [2.75, 3.05) is 0 Å². The fraction of sp³-hybridized carbons (Fsp3) is 0.167. The maximum atomic E-state index is 12.9. The normalized spacial score (nSPS) is 12.3. The third-order valence-electron chi connectivity index (χ3n) is 5.37. The second kappa shape index (κ2) is 8.37. The number of aromatic amines is 1. The number of aryl methyl sites for hydroxylation is 2. The van der Waals surface area contributed by atoms with Crippen molar-refractivity contribution in [3.05, 3.63) is 81.2 Å². The number of hydrogen-bond acceptors (Lipinski definition) is 7. The average Bonchev–Trinajstić information content (AvgIpc) is 3.44. The van der Waals surface area contributed by atoms with Crippen molar-refractivity contribution in [2.45, 2.75) is 31.2 Å². The van der Waals surface area contributed by atoms with Gasteiger partial charge in [0, 0.05) is 16.5 Å². The Morgan fingerprint density at radius 2 is 1.84 bits per heavy atom. The monoisotopic (exact) mass is 460 g/mol. The summed E-state index contributed by atoms with van der Waals surface area (Å²) in [7, 11) is 0. The Morgan fingerprint density at radius 1 is 1.03 bits per heavy atom. The first-order valence-corrected chi connectivity index (χ1v) is 11.9. The van der Waals surface area contributed by atoms with Crippen molar-refractivity contribution >= 4 is 33.3 Å². The average molecular weight is 461 g/mol. The van der Waals surface area contributed by atoms with Crippen LogP contribution in [0.3, 0.4) is 0 Å². The molecule has 5 rings (SSSR count). The van der Waals surface area contributed by atoms with Gasteiger partial charge in [0.15, 0.2) is 0 Å². The molecule has 8 heteroatoms. The molecule has 5 aromatic rings. The Kier molecular flexibility index (Phi) is 5.40. The van der Waals surface area contributed by atoms with Crippen molar-refractivity contribution in [3.63, 3.8) is 0 Å². The van der Waals surface area contributed by atoms with E-state index in [1.165, 1.54) is 34.2 Å².